The van der Waals surface area contributed by atoms with Crippen molar-refractivity contribution in [2.75, 3.05) is 6.61 Å². The molecule has 0 bridgehead atoms. The van der Waals surface area contributed by atoms with Crippen LogP contribution in [0.25, 0.3) is 0 Å². The molecule has 1 aromatic carbocycles. The second kappa shape index (κ2) is 3.96. The van der Waals surface area contributed by atoms with Crippen LogP contribution in [-0.4, -0.2) is 11.7 Å². The maximum atomic E-state index is 13.0. The number of hydrogen-bond acceptors (Lipinski definition) is 1. The summed E-state index contributed by atoms with van der Waals surface area (Å²) in [4.78, 5) is 0. The fourth-order valence-electron chi connectivity index (χ4n) is 1.05. The molecule has 0 saturated heterocycles. The third kappa shape index (κ3) is 1.72. The third-order valence-electron chi connectivity index (χ3n) is 1.94. The van der Waals surface area contributed by atoms with Crippen LogP contribution in [0.15, 0.2) is 6.07 Å². The maximum absolute atomic E-state index is 13.0. The molecule has 0 spiro atoms. The van der Waals surface area contributed by atoms with Crippen LogP contribution < -0.4 is 0 Å². The highest BCUT2D eigenvalue weighted by Crippen LogP contribution is 2.24. The van der Waals surface area contributed by atoms with Crippen molar-refractivity contribution < 1.29 is 22.7 Å². The van der Waals surface area contributed by atoms with E-state index in [-0.39, 0.29) is 5.56 Å². The summed E-state index contributed by atoms with van der Waals surface area (Å²) in [5, 5.41) is 8.66. The molecule has 0 fully saturated rings. The van der Waals surface area contributed by atoms with Crippen molar-refractivity contribution in [2.45, 2.75) is 12.8 Å². The third-order valence-corrected chi connectivity index (χ3v) is 1.94. The zero-order valence-corrected chi connectivity index (χ0v) is 7.32. The lowest BCUT2D eigenvalue weighted by atomic mass is 10.0. The number of halogens is 4. The minimum atomic E-state index is -1.85. The predicted molar refractivity (Wildman–Crippen MR) is 41.8 cm³/mol. The van der Waals surface area contributed by atoms with E-state index in [1.807, 2.05) is 0 Å². The van der Waals surface area contributed by atoms with Crippen LogP contribution in [0.4, 0.5) is 17.6 Å². The van der Waals surface area contributed by atoms with Crippen molar-refractivity contribution in [3.05, 3.63) is 34.9 Å². The molecule has 78 valence electrons. The van der Waals surface area contributed by atoms with Gasteiger partial charge in [0.15, 0.2) is 23.3 Å². The van der Waals surface area contributed by atoms with Crippen molar-refractivity contribution in [3.8, 4) is 0 Å². The molecule has 1 unspecified atom stereocenters. The smallest absolute Gasteiger partial charge is 0.197 e. The first-order valence-electron chi connectivity index (χ1n) is 3.92. The summed E-state index contributed by atoms with van der Waals surface area (Å²) in [7, 11) is 0. The Labute approximate surface area is 78.0 Å². The SMILES string of the molecule is CC(CO)c1cc(F)c(F)c(F)c1F. The van der Waals surface area contributed by atoms with E-state index in [0.29, 0.717) is 6.07 Å². The summed E-state index contributed by atoms with van der Waals surface area (Å²) < 4.78 is 50.8. The van der Waals surface area contributed by atoms with Crippen LogP contribution in [-0.2, 0) is 0 Å². The van der Waals surface area contributed by atoms with Gasteiger partial charge in [0.2, 0.25) is 0 Å². The molecule has 0 aliphatic rings. The first kappa shape index (κ1) is 11.0. The normalized spacial score (nSPS) is 13.0. The summed E-state index contributed by atoms with van der Waals surface area (Å²) in [5.41, 5.74) is -0.371. The molecule has 1 rings (SSSR count). The van der Waals surface area contributed by atoms with Gasteiger partial charge in [0.1, 0.15) is 0 Å². The van der Waals surface area contributed by atoms with Crippen LogP contribution in [0.2, 0.25) is 0 Å². The van der Waals surface area contributed by atoms with E-state index >= 15 is 0 Å². The minimum absolute atomic E-state index is 0.371. The number of hydrogen-bond donors (Lipinski definition) is 1. The van der Waals surface area contributed by atoms with Crippen LogP contribution in [0.5, 0.6) is 0 Å². The Balaban J connectivity index is 3.33. The highest BCUT2D eigenvalue weighted by Gasteiger charge is 2.21. The highest BCUT2D eigenvalue weighted by atomic mass is 19.2. The molecule has 1 atom stereocenters. The first-order valence-corrected chi connectivity index (χ1v) is 3.92. The van der Waals surface area contributed by atoms with Crippen LogP contribution in [0, 0.1) is 23.3 Å². The minimum Gasteiger partial charge on any atom is -0.396 e. The second-order valence-corrected chi connectivity index (χ2v) is 2.97. The summed E-state index contributed by atoms with van der Waals surface area (Å²) >= 11 is 0. The molecule has 0 aliphatic heterocycles. The quantitative estimate of drug-likeness (QED) is 0.449. The molecule has 0 heterocycles. The summed E-state index contributed by atoms with van der Waals surface area (Å²) in [5.74, 6) is -7.37. The Morgan fingerprint density at radius 3 is 2.21 bits per heavy atom. The monoisotopic (exact) mass is 208 g/mol. The average Bonchev–Trinajstić information content (AvgIpc) is 2.19. The van der Waals surface area contributed by atoms with Crippen LogP contribution >= 0.6 is 0 Å². The standard InChI is InChI=1S/C9H8F4O/c1-4(3-14)5-2-6(10)8(12)9(13)7(5)11/h2,4,14H,3H2,1H3. The first-order chi connectivity index (χ1) is 6.49. The largest absolute Gasteiger partial charge is 0.396 e. The summed E-state index contributed by atoms with van der Waals surface area (Å²) in [6, 6.07) is 0.550. The van der Waals surface area contributed by atoms with Crippen molar-refractivity contribution >= 4 is 0 Å². The van der Waals surface area contributed by atoms with Crippen molar-refractivity contribution in [3.63, 3.8) is 0 Å². The molecule has 1 aromatic rings. The van der Waals surface area contributed by atoms with E-state index in [4.69, 9.17) is 5.11 Å². The zero-order chi connectivity index (χ0) is 10.9. The Morgan fingerprint density at radius 2 is 1.71 bits per heavy atom. The van der Waals surface area contributed by atoms with Gasteiger partial charge in [0.05, 0.1) is 0 Å². The molecule has 0 radical (unpaired) electrons. The van der Waals surface area contributed by atoms with Gasteiger partial charge in [0, 0.05) is 12.5 Å². The van der Waals surface area contributed by atoms with E-state index in [9.17, 15) is 17.6 Å². The Hall–Kier alpha value is -1.10. The van der Waals surface area contributed by atoms with Gasteiger partial charge >= 0.3 is 0 Å². The average molecular weight is 208 g/mol. The topological polar surface area (TPSA) is 20.2 Å². The van der Waals surface area contributed by atoms with Crippen molar-refractivity contribution in [1.29, 1.82) is 0 Å². The molecule has 5 heteroatoms. The van der Waals surface area contributed by atoms with Gasteiger partial charge in [-0.15, -0.1) is 0 Å². The molecule has 14 heavy (non-hydrogen) atoms. The molecular weight excluding hydrogens is 200 g/mol. The Kier molecular flexibility index (Phi) is 3.10. The molecule has 0 aliphatic carbocycles. The lowest BCUT2D eigenvalue weighted by Crippen LogP contribution is -2.07. The van der Waals surface area contributed by atoms with Gasteiger partial charge in [-0.3, -0.25) is 0 Å². The van der Waals surface area contributed by atoms with Gasteiger partial charge in [-0.25, -0.2) is 17.6 Å². The molecule has 0 amide bonds. The number of rotatable bonds is 2. The van der Waals surface area contributed by atoms with Crippen LogP contribution in [0.1, 0.15) is 18.4 Å². The van der Waals surface area contributed by atoms with Gasteiger partial charge in [-0.1, -0.05) is 6.92 Å². The lowest BCUT2D eigenvalue weighted by Gasteiger charge is -2.10. The van der Waals surface area contributed by atoms with E-state index < -0.39 is 35.8 Å². The fourth-order valence-corrected chi connectivity index (χ4v) is 1.05. The Bertz CT molecular complexity index is 351. The summed E-state index contributed by atoms with van der Waals surface area (Å²) in [6.07, 6.45) is 0. The Morgan fingerprint density at radius 1 is 1.14 bits per heavy atom. The van der Waals surface area contributed by atoms with Gasteiger partial charge < -0.3 is 5.11 Å². The van der Waals surface area contributed by atoms with Crippen molar-refractivity contribution in [1.82, 2.24) is 0 Å². The highest BCUT2D eigenvalue weighted by molar-refractivity contribution is 5.24. The van der Waals surface area contributed by atoms with Gasteiger partial charge in [-0.05, 0) is 11.6 Å². The van der Waals surface area contributed by atoms with Crippen molar-refractivity contribution in [2.24, 2.45) is 0 Å². The zero-order valence-electron chi connectivity index (χ0n) is 7.32. The fraction of sp³-hybridized carbons (Fsp3) is 0.333. The van der Waals surface area contributed by atoms with Crippen LogP contribution in [0.3, 0.4) is 0 Å². The molecular formula is C9H8F4O. The second-order valence-electron chi connectivity index (χ2n) is 2.97. The number of aliphatic hydroxyl groups is 1. The van der Waals surface area contributed by atoms with E-state index in [2.05, 4.69) is 0 Å². The van der Waals surface area contributed by atoms with Gasteiger partial charge in [0.25, 0.3) is 0 Å². The van der Waals surface area contributed by atoms with E-state index in [1.54, 1.807) is 0 Å². The van der Waals surface area contributed by atoms with Gasteiger partial charge in [-0.2, -0.15) is 0 Å². The molecule has 1 N–H and O–H groups in total. The predicted octanol–water partition coefficient (Wildman–Crippen LogP) is 2.34. The maximum Gasteiger partial charge on any atom is 0.197 e. The molecule has 0 aromatic heterocycles. The number of aliphatic hydroxyl groups excluding tert-OH is 1. The lowest BCUT2D eigenvalue weighted by molar-refractivity contribution is 0.268. The van der Waals surface area contributed by atoms with E-state index in [1.165, 1.54) is 6.92 Å². The number of benzene rings is 1. The summed E-state index contributed by atoms with van der Waals surface area (Å²) in [6.45, 7) is 0.899. The molecule has 0 saturated carbocycles. The van der Waals surface area contributed by atoms with E-state index in [0.717, 1.165) is 0 Å². The molecule has 1 nitrogen and oxygen atoms in total.